The SMILES string of the molecule is CNC1CCC(C(C)C)CC1CN1CC2CCC1C2. The minimum atomic E-state index is 0.772. The standard InChI is InChI=1S/C17H32N2/c1-12(2)14-5-7-17(18-3)15(9-14)11-19-10-13-4-6-16(19)8-13/h12-18H,4-11H2,1-3H3. The van der Waals surface area contributed by atoms with Crippen molar-refractivity contribution in [2.24, 2.45) is 23.7 Å². The van der Waals surface area contributed by atoms with Gasteiger partial charge in [-0.2, -0.15) is 0 Å². The van der Waals surface area contributed by atoms with Gasteiger partial charge in [0.15, 0.2) is 0 Å². The third-order valence-corrected chi connectivity index (χ3v) is 6.33. The van der Waals surface area contributed by atoms with Gasteiger partial charge in [-0.3, -0.25) is 4.90 Å². The van der Waals surface area contributed by atoms with E-state index in [0.717, 1.165) is 35.8 Å². The third kappa shape index (κ3) is 2.85. The second-order valence-corrected chi connectivity index (χ2v) is 7.76. The topological polar surface area (TPSA) is 15.3 Å². The highest BCUT2D eigenvalue weighted by Gasteiger charge is 2.40. The molecule has 2 bridgehead atoms. The molecule has 5 unspecified atom stereocenters. The Kier molecular flexibility index (Phi) is 4.19. The van der Waals surface area contributed by atoms with Crippen molar-refractivity contribution >= 4 is 0 Å². The van der Waals surface area contributed by atoms with Crippen LogP contribution in [0.4, 0.5) is 0 Å². The van der Waals surface area contributed by atoms with Gasteiger partial charge >= 0.3 is 0 Å². The van der Waals surface area contributed by atoms with Crippen molar-refractivity contribution in [1.82, 2.24) is 10.2 Å². The van der Waals surface area contributed by atoms with Crippen LogP contribution in [0.2, 0.25) is 0 Å². The molecule has 3 fully saturated rings. The van der Waals surface area contributed by atoms with Crippen LogP contribution in [0.25, 0.3) is 0 Å². The molecule has 2 saturated carbocycles. The van der Waals surface area contributed by atoms with E-state index in [4.69, 9.17) is 0 Å². The molecule has 5 atom stereocenters. The molecule has 0 radical (unpaired) electrons. The van der Waals surface area contributed by atoms with Crippen LogP contribution in [0, 0.1) is 23.7 Å². The number of rotatable bonds is 4. The normalized spacial score (nSPS) is 43.3. The number of nitrogens with zero attached hydrogens (tertiary/aromatic N) is 1. The summed E-state index contributed by atoms with van der Waals surface area (Å²) in [7, 11) is 2.17. The highest BCUT2D eigenvalue weighted by atomic mass is 15.2. The quantitative estimate of drug-likeness (QED) is 0.839. The Morgan fingerprint density at radius 2 is 1.95 bits per heavy atom. The van der Waals surface area contributed by atoms with Crippen molar-refractivity contribution in [3.8, 4) is 0 Å². The molecule has 0 spiro atoms. The van der Waals surface area contributed by atoms with Crippen LogP contribution in [0.15, 0.2) is 0 Å². The van der Waals surface area contributed by atoms with E-state index in [2.05, 4.69) is 31.1 Å². The maximum Gasteiger partial charge on any atom is 0.0105 e. The highest BCUT2D eigenvalue weighted by molar-refractivity contribution is 4.95. The minimum absolute atomic E-state index is 0.772. The molecule has 1 saturated heterocycles. The smallest absolute Gasteiger partial charge is 0.0105 e. The van der Waals surface area contributed by atoms with Crippen molar-refractivity contribution in [3.63, 3.8) is 0 Å². The second kappa shape index (κ2) is 5.73. The number of nitrogens with one attached hydrogen (secondary N) is 1. The Hall–Kier alpha value is -0.0800. The van der Waals surface area contributed by atoms with E-state index in [1.807, 2.05) is 0 Å². The summed E-state index contributed by atoms with van der Waals surface area (Å²) in [5.74, 6) is 3.78. The van der Waals surface area contributed by atoms with Crippen LogP contribution in [-0.4, -0.2) is 37.1 Å². The predicted molar refractivity (Wildman–Crippen MR) is 81.2 cm³/mol. The summed E-state index contributed by atoms with van der Waals surface area (Å²) in [6, 6.07) is 1.72. The summed E-state index contributed by atoms with van der Waals surface area (Å²) >= 11 is 0. The van der Waals surface area contributed by atoms with Gasteiger partial charge in [-0.25, -0.2) is 0 Å². The van der Waals surface area contributed by atoms with Crippen LogP contribution in [-0.2, 0) is 0 Å². The van der Waals surface area contributed by atoms with Crippen molar-refractivity contribution in [2.45, 2.75) is 64.5 Å². The molecule has 0 amide bonds. The highest BCUT2D eigenvalue weighted by Crippen LogP contribution is 2.40. The summed E-state index contributed by atoms with van der Waals surface area (Å²) < 4.78 is 0. The second-order valence-electron chi connectivity index (χ2n) is 7.76. The molecular weight excluding hydrogens is 232 g/mol. The molecule has 1 aliphatic heterocycles. The lowest BCUT2D eigenvalue weighted by molar-refractivity contribution is 0.107. The number of hydrogen-bond acceptors (Lipinski definition) is 2. The average Bonchev–Trinajstić information content (AvgIpc) is 3.01. The van der Waals surface area contributed by atoms with E-state index in [0.29, 0.717) is 0 Å². The van der Waals surface area contributed by atoms with Crippen molar-refractivity contribution in [1.29, 1.82) is 0 Å². The first-order chi connectivity index (χ1) is 9.17. The van der Waals surface area contributed by atoms with E-state index in [1.165, 1.54) is 51.6 Å². The molecule has 2 nitrogen and oxygen atoms in total. The van der Waals surface area contributed by atoms with Crippen LogP contribution in [0.1, 0.15) is 52.4 Å². The number of likely N-dealkylation sites (tertiary alicyclic amines) is 1. The zero-order valence-corrected chi connectivity index (χ0v) is 13.1. The third-order valence-electron chi connectivity index (χ3n) is 6.33. The molecule has 0 aromatic rings. The molecular formula is C17H32N2. The summed E-state index contributed by atoms with van der Waals surface area (Å²) in [6.07, 6.45) is 8.78. The monoisotopic (exact) mass is 264 g/mol. The van der Waals surface area contributed by atoms with Crippen molar-refractivity contribution < 1.29 is 0 Å². The maximum atomic E-state index is 3.60. The molecule has 1 N–H and O–H groups in total. The molecule has 2 aliphatic carbocycles. The fraction of sp³-hybridized carbons (Fsp3) is 1.00. The minimum Gasteiger partial charge on any atom is -0.317 e. The lowest BCUT2D eigenvalue weighted by Gasteiger charge is -2.41. The Morgan fingerprint density at radius 1 is 1.11 bits per heavy atom. The molecule has 0 aromatic carbocycles. The van der Waals surface area contributed by atoms with Gasteiger partial charge < -0.3 is 5.32 Å². The Labute approximate surface area is 119 Å². The largest absolute Gasteiger partial charge is 0.317 e. The average molecular weight is 264 g/mol. The van der Waals surface area contributed by atoms with E-state index in [1.54, 1.807) is 0 Å². The number of fused-ring (bicyclic) bond motifs is 2. The maximum absolute atomic E-state index is 3.60. The molecule has 110 valence electrons. The lowest BCUT2D eigenvalue weighted by Crippen LogP contribution is -2.47. The fourth-order valence-electron chi connectivity index (χ4n) is 5.04. The van der Waals surface area contributed by atoms with E-state index in [9.17, 15) is 0 Å². The molecule has 1 heterocycles. The van der Waals surface area contributed by atoms with E-state index < -0.39 is 0 Å². The van der Waals surface area contributed by atoms with Crippen LogP contribution in [0.3, 0.4) is 0 Å². The summed E-state index contributed by atoms with van der Waals surface area (Å²) in [4.78, 5) is 2.84. The predicted octanol–water partition coefficient (Wildman–Crippen LogP) is 3.13. The number of piperidine rings is 1. The van der Waals surface area contributed by atoms with Gasteiger partial charge in [0.1, 0.15) is 0 Å². The van der Waals surface area contributed by atoms with Gasteiger partial charge in [-0.15, -0.1) is 0 Å². The summed E-state index contributed by atoms with van der Waals surface area (Å²) in [5.41, 5.74) is 0. The molecule has 19 heavy (non-hydrogen) atoms. The van der Waals surface area contributed by atoms with Gasteiger partial charge in [0, 0.05) is 25.2 Å². The van der Waals surface area contributed by atoms with Gasteiger partial charge in [-0.1, -0.05) is 13.8 Å². The van der Waals surface area contributed by atoms with Gasteiger partial charge in [0.25, 0.3) is 0 Å². The summed E-state index contributed by atoms with van der Waals surface area (Å²) in [5, 5.41) is 3.60. The molecule has 0 aromatic heterocycles. The van der Waals surface area contributed by atoms with Gasteiger partial charge in [0.05, 0.1) is 0 Å². The first-order valence-electron chi connectivity index (χ1n) is 8.58. The molecule has 3 rings (SSSR count). The fourth-order valence-corrected chi connectivity index (χ4v) is 5.04. The number of hydrogen-bond donors (Lipinski definition) is 1. The van der Waals surface area contributed by atoms with E-state index in [-0.39, 0.29) is 0 Å². The first kappa shape index (κ1) is 13.9. The van der Waals surface area contributed by atoms with Gasteiger partial charge in [0.2, 0.25) is 0 Å². The first-order valence-corrected chi connectivity index (χ1v) is 8.58. The zero-order chi connectivity index (χ0) is 13.4. The van der Waals surface area contributed by atoms with Gasteiger partial charge in [-0.05, 0) is 69.2 Å². The summed E-state index contributed by atoms with van der Waals surface area (Å²) in [6.45, 7) is 7.61. The van der Waals surface area contributed by atoms with E-state index >= 15 is 0 Å². The van der Waals surface area contributed by atoms with Crippen LogP contribution >= 0.6 is 0 Å². The van der Waals surface area contributed by atoms with Crippen LogP contribution in [0.5, 0.6) is 0 Å². The Bertz CT molecular complexity index is 302. The molecule has 3 aliphatic rings. The lowest BCUT2D eigenvalue weighted by atomic mass is 9.73. The molecule has 2 heteroatoms. The van der Waals surface area contributed by atoms with Crippen molar-refractivity contribution in [2.75, 3.05) is 20.1 Å². The Morgan fingerprint density at radius 3 is 2.53 bits per heavy atom. The van der Waals surface area contributed by atoms with Crippen molar-refractivity contribution in [3.05, 3.63) is 0 Å². The Balaban J connectivity index is 1.60. The van der Waals surface area contributed by atoms with Crippen LogP contribution < -0.4 is 5.32 Å². The zero-order valence-electron chi connectivity index (χ0n) is 13.1.